The molecule has 0 aromatic carbocycles. The quantitative estimate of drug-likeness (QED) is 0.572. The fourth-order valence-corrected chi connectivity index (χ4v) is 5.61. The summed E-state index contributed by atoms with van der Waals surface area (Å²) in [4.78, 5) is 26.2. The number of likely N-dealkylation sites (tertiary alicyclic amines) is 1. The van der Waals surface area contributed by atoms with Crippen molar-refractivity contribution in [3.63, 3.8) is 0 Å². The molecule has 0 bridgehead atoms. The Bertz CT molecular complexity index is 1110. The van der Waals surface area contributed by atoms with Crippen molar-refractivity contribution in [3.05, 3.63) is 57.1 Å². The lowest BCUT2D eigenvalue weighted by Gasteiger charge is -2.25. The Hall–Kier alpha value is -2.67. The SMILES string of the molecule is Cc1nc(Nc2cccc([C@H]3CCCN3C(=O)c3c(C)oc4c3CCCC4)n2)sc1C. The summed E-state index contributed by atoms with van der Waals surface area (Å²) in [6, 6.07) is 5.97. The van der Waals surface area contributed by atoms with Crippen molar-refractivity contribution < 1.29 is 9.21 Å². The van der Waals surface area contributed by atoms with Crippen molar-refractivity contribution in [2.24, 2.45) is 0 Å². The normalized spacial score (nSPS) is 18.3. The van der Waals surface area contributed by atoms with Crippen LogP contribution < -0.4 is 5.32 Å². The molecule has 0 radical (unpaired) electrons. The Morgan fingerprint density at radius 3 is 2.81 bits per heavy atom. The monoisotopic (exact) mass is 436 g/mol. The van der Waals surface area contributed by atoms with Gasteiger partial charge in [0.1, 0.15) is 17.3 Å². The van der Waals surface area contributed by atoms with Crippen molar-refractivity contribution in [2.75, 3.05) is 11.9 Å². The molecule has 0 spiro atoms. The minimum atomic E-state index is -0.0115. The topological polar surface area (TPSA) is 71.3 Å². The van der Waals surface area contributed by atoms with E-state index in [0.29, 0.717) is 0 Å². The van der Waals surface area contributed by atoms with Crippen molar-refractivity contribution >= 4 is 28.2 Å². The molecule has 4 heterocycles. The van der Waals surface area contributed by atoms with Gasteiger partial charge in [-0.2, -0.15) is 0 Å². The second kappa shape index (κ2) is 8.11. The Morgan fingerprint density at radius 2 is 2.00 bits per heavy atom. The molecule has 7 heteroatoms. The summed E-state index contributed by atoms with van der Waals surface area (Å²) in [5.41, 5.74) is 3.90. The van der Waals surface area contributed by atoms with Gasteiger partial charge < -0.3 is 14.6 Å². The van der Waals surface area contributed by atoms with Gasteiger partial charge in [0.25, 0.3) is 5.91 Å². The van der Waals surface area contributed by atoms with Gasteiger partial charge in [0.2, 0.25) is 0 Å². The fraction of sp³-hybridized carbons (Fsp3) is 0.458. The molecule has 1 N–H and O–H groups in total. The molecule has 1 atom stereocenters. The molecule has 0 unspecified atom stereocenters. The maximum atomic E-state index is 13.6. The highest BCUT2D eigenvalue weighted by Crippen LogP contribution is 2.37. The van der Waals surface area contributed by atoms with Crippen LogP contribution in [0.15, 0.2) is 22.6 Å². The first-order valence-corrected chi connectivity index (χ1v) is 11.9. The molecule has 1 aliphatic carbocycles. The Kier molecular flexibility index (Phi) is 5.30. The lowest BCUT2D eigenvalue weighted by Crippen LogP contribution is -2.32. The zero-order chi connectivity index (χ0) is 21.5. The lowest BCUT2D eigenvalue weighted by atomic mass is 9.94. The van der Waals surface area contributed by atoms with E-state index in [9.17, 15) is 4.79 Å². The van der Waals surface area contributed by atoms with E-state index in [1.54, 1.807) is 11.3 Å². The summed E-state index contributed by atoms with van der Waals surface area (Å²) in [6.45, 7) is 6.77. The van der Waals surface area contributed by atoms with E-state index in [-0.39, 0.29) is 11.9 Å². The van der Waals surface area contributed by atoms with E-state index in [4.69, 9.17) is 9.40 Å². The van der Waals surface area contributed by atoms with E-state index < -0.39 is 0 Å². The highest BCUT2D eigenvalue weighted by Gasteiger charge is 2.35. The van der Waals surface area contributed by atoms with E-state index in [1.807, 2.05) is 36.9 Å². The van der Waals surface area contributed by atoms with Crippen LogP contribution >= 0.6 is 11.3 Å². The third kappa shape index (κ3) is 3.76. The number of fused-ring (bicyclic) bond motifs is 1. The summed E-state index contributed by atoms with van der Waals surface area (Å²) in [5.74, 6) is 2.64. The number of aromatic nitrogens is 2. The zero-order valence-corrected chi connectivity index (χ0v) is 19.1. The number of anilines is 2. The minimum Gasteiger partial charge on any atom is -0.465 e. The molecule has 1 fully saturated rings. The molecule has 3 aromatic heterocycles. The second-order valence-electron chi connectivity index (χ2n) is 8.53. The molecule has 6 nitrogen and oxygen atoms in total. The van der Waals surface area contributed by atoms with Crippen LogP contribution in [0.1, 0.15) is 75.4 Å². The molecule has 2 aliphatic rings. The Balaban J connectivity index is 1.41. The van der Waals surface area contributed by atoms with Crippen molar-refractivity contribution in [1.82, 2.24) is 14.9 Å². The van der Waals surface area contributed by atoms with Crippen LogP contribution in [0.2, 0.25) is 0 Å². The summed E-state index contributed by atoms with van der Waals surface area (Å²) in [6.07, 6.45) is 6.06. The van der Waals surface area contributed by atoms with Gasteiger partial charge in [-0.3, -0.25) is 4.79 Å². The van der Waals surface area contributed by atoms with Gasteiger partial charge in [0.15, 0.2) is 5.13 Å². The third-order valence-electron chi connectivity index (χ3n) is 6.45. The van der Waals surface area contributed by atoms with Crippen LogP contribution in [0, 0.1) is 20.8 Å². The molecule has 1 aliphatic heterocycles. The van der Waals surface area contributed by atoms with Gasteiger partial charge in [0, 0.05) is 23.4 Å². The van der Waals surface area contributed by atoms with E-state index in [2.05, 4.69) is 17.2 Å². The first-order valence-electron chi connectivity index (χ1n) is 11.1. The number of pyridine rings is 1. The number of thiazole rings is 1. The molecule has 31 heavy (non-hydrogen) atoms. The largest absolute Gasteiger partial charge is 0.465 e. The van der Waals surface area contributed by atoms with Crippen molar-refractivity contribution in [2.45, 2.75) is 65.3 Å². The number of aryl methyl sites for hydroxylation is 4. The van der Waals surface area contributed by atoms with Crippen molar-refractivity contribution in [1.29, 1.82) is 0 Å². The predicted octanol–water partition coefficient (Wildman–Crippen LogP) is 5.66. The number of amides is 1. The van der Waals surface area contributed by atoms with Gasteiger partial charge in [0.05, 0.1) is 23.0 Å². The number of carbonyl (C=O) groups excluding carboxylic acids is 1. The third-order valence-corrected chi connectivity index (χ3v) is 7.44. The summed E-state index contributed by atoms with van der Waals surface area (Å²) >= 11 is 1.63. The second-order valence-corrected chi connectivity index (χ2v) is 9.74. The molecular weight excluding hydrogens is 408 g/mol. The van der Waals surface area contributed by atoms with Crippen LogP contribution in [0.25, 0.3) is 0 Å². The van der Waals surface area contributed by atoms with Crippen LogP contribution in [-0.4, -0.2) is 27.3 Å². The van der Waals surface area contributed by atoms with E-state index in [0.717, 1.165) is 90.1 Å². The number of hydrogen-bond acceptors (Lipinski definition) is 6. The minimum absolute atomic E-state index is 0.0115. The van der Waals surface area contributed by atoms with Gasteiger partial charge in [-0.1, -0.05) is 6.07 Å². The van der Waals surface area contributed by atoms with Gasteiger partial charge >= 0.3 is 0 Å². The average Bonchev–Trinajstić information content (AvgIpc) is 3.45. The number of hydrogen-bond donors (Lipinski definition) is 1. The number of nitrogens with one attached hydrogen (secondary N) is 1. The maximum Gasteiger partial charge on any atom is 0.258 e. The van der Waals surface area contributed by atoms with Crippen LogP contribution in [0.3, 0.4) is 0 Å². The van der Waals surface area contributed by atoms with E-state index in [1.165, 1.54) is 4.88 Å². The molecule has 0 saturated carbocycles. The number of nitrogens with zero attached hydrogens (tertiary/aromatic N) is 3. The molecular formula is C24H28N4O2S. The highest BCUT2D eigenvalue weighted by molar-refractivity contribution is 7.15. The lowest BCUT2D eigenvalue weighted by molar-refractivity contribution is 0.0730. The fourth-order valence-electron chi connectivity index (χ4n) is 4.79. The first-order chi connectivity index (χ1) is 15.0. The predicted molar refractivity (Wildman–Crippen MR) is 122 cm³/mol. The first kappa shape index (κ1) is 20.2. The Labute approximate surface area is 186 Å². The average molecular weight is 437 g/mol. The molecule has 1 saturated heterocycles. The van der Waals surface area contributed by atoms with Crippen LogP contribution in [0.4, 0.5) is 10.9 Å². The van der Waals surface area contributed by atoms with Crippen LogP contribution in [-0.2, 0) is 12.8 Å². The molecule has 1 amide bonds. The summed E-state index contributed by atoms with van der Waals surface area (Å²) < 4.78 is 5.98. The standard InChI is InChI=1S/C24H28N4O2S/c1-14-16(3)31-24(25-14)27-21-12-6-9-18(26-21)19-10-7-13-28(19)23(29)22-15(2)30-20-11-5-4-8-17(20)22/h6,9,12,19H,4-5,7-8,10-11,13H2,1-3H3,(H,25,26,27)/t19-/m1/s1. The zero-order valence-electron chi connectivity index (χ0n) is 18.3. The number of furan rings is 1. The van der Waals surface area contributed by atoms with Gasteiger partial charge in [-0.25, -0.2) is 9.97 Å². The molecule has 162 valence electrons. The van der Waals surface area contributed by atoms with Crippen molar-refractivity contribution in [3.8, 4) is 0 Å². The van der Waals surface area contributed by atoms with Gasteiger partial charge in [-0.15, -0.1) is 11.3 Å². The molecule has 3 aromatic rings. The summed E-state index contributed by atoms with van der Waals surface area (Å²) in [7, 11) is 0. The smallest absolute Gasteiger partial charge is 0.258 e. The Morgan fingerprint density at radius 1 is 1.16 bits per heavy atom. The molecule has 5 rings (SSSR count). The maximum absolute atomic E-state index is 13.6. The van der Waals surface area contributed by atoms with Gasteiger partial charge in [-0.05, 0) is 65.0 Å². The number of carbonyl (C=O) groups is 1. The number of rotatable bonds is 4. The van der Waals surface area contributed by atoms with E-state index >= 15 is 0 Å². The van der Waals surface area contributed by atoms with Crippen LogP contribution in [0.5, 0.6) is 0 Å². The highest BCUT2D eigenvalue weighted by atomic mass is 32.1. The summed E-state index contributed by atoms with van der Waals surface area (Å²) in [5, 5.41) is 4.18.